The molecule has 0 aromatic carbocycles. The molecule has 0 aliphatic rings. The topological polar surface area (TPSA) is 32.3 Å². The van der Waals surface area contributed by atoms with Gasteiger partial charge in [-0.2, -0.15) is 0 Å². The molecule has 0 bridgehead atoms. The van der Waals surface area contributed by atoms with E-state index >= 15 is 0 Å². The number of nitrogens with one attached hydrogen (secondary N) is 1. The molecule has 2 heteroatoms. The third-order valence-electron chi connectivity index (χ3n) is 1.92. The summed E-state index contributed by atoms with van der Waals surface area (Å²) in [5, 5.41) is 12.5. The molecule has 0 radical (unpaired) electrons. The van der Waals surface area contributed by atoms with Crippen molar-refractivity contribution in [2.24, 2.45) is 0 Å². The molecule has 0 rings (SSSR count). The summed E-state index contributed by atoms with van der Waals surface area (Å²) in [5.74, 6) is 0. The first-order chi connectivity index (χ1) is 5.20. The minimum atomic E-state index is -0.301. The number of hydrogen-bond acceptors (Lipinski definition) is 2. The quantitative estimate of drug-likeness (QED) is 0.580. The van der Waals surface area contributed by atoms with Crippen LogP contribution in [0.25, 0.3) is 0 Å². The van der Waals surface area contributed by atoms with E-state index in [1.807, 2.05) is 0 Å². The van der Waals surface area contributed by atoms with Crippen molar-refractivity contribution < 1.29 is 5.11 Å². The lowest BCUT2D eigenvalue weighted by Gasteiger charge is -2.17. The van der Waals surface area contributed by atoms with Gasteiger partial charge in [0, 0.05) is 6.04 Å². The number of rotatable bonds is 6. The lowest BCUT2D eigenvalue weighted by atomic mass is 10.2. The molecule has 2 unspecified atom stereocenters. The molecular formula is C9H21NO. The monoisotopic (exact) mass is 159 g/mol. The van der Waals surface area contributed by atoms with Crippen molar-refractivity contribution >= 4 is 0 Å². The fraction of sp³-hybridized carbons (Fsp3) is 1.00. The number of hydrogen-bond donors (Lipinski definition) is 2. The Morgan fingerprint density at radius 2 is 2.00 bits per heavy atom. The largest absolute Gasteiger partial charge is 0.379 e. The Hall–Kier alpha value is -0.0800. The van der Waals surface area contributed by atoms with Gasteiger partial charge in [0.1, 0.15) is 6.23 Å². The lowest BCUT2D eigenvalue weighted by Crippen LogP contribution is -2.35. The number of aliphatic hydroxyl groups is 1. The van der Waals surface area contributed by atoms with E-state index in [9.17, 15) is 5.11 Å². The molecule has 2 N–H and O–H groups in total. The van der Waals surface area contributed by atoms with Crippen LogP contribution >= 0.6 is 0 Å². The minimum Gasteiger partial charge on any atom is -0.379 e. The summed E-state index contributed by atoms with van der Waals surface area (Å²) in [7, 11) is 0. The van der Waals surface area contributed by atoms with E-state index in [-0.39, 0.29) is 6.23 Å². The predicted octanol–water partition coefficient (Wildman–Crippen LogP) is 1.88. The van der Waals surface area contributed by atoms with Crippen LogP contribution in [0.4, 0.5) is 0 Å². The first-order valence-electron chi connectivity index (χ1n) is 4.64. The normalized spacial score (nSPS) is 16.4. The molecule has 0 spiro atoms. The van der Waals surface area contributed by atoms with Crippen molar-refractivity contribution in [1.82, 2.24) is 5.32 Å². The fourth-order valence-electron chi connectivity index (χ4n) is 0.927. The van der Waals surface area contributed by atoms with Crippen molar-refractivity contribution in [3.8, 4) is 0 Å². The van der Waals surface area contributed by atoms with Crippen LogP contribution < -0.4 is 5.32 Å². The Kier molecular flexibility index (Phi) is 6.57. The maximum Gasteiger partial charge on any atom is 0.105 e. The molecule has 2 nitrogen and oxygen atoms in total. The van der Waals surface area contributed by atoms with Gasteiger partial charge in [0.2, 0.25) is 0 Å². The molecule has 0 heterocycles. The molecule has 0 amide bonds. The van der Waals surface area contributed by atoms with Crippen LogP contribution in [-0.2, 0) is 0 Å². The zero-order valence-electron chi connectivity index (χ0n) is 7.93. The Labute approximate surface area is 70.0 Å². The summed E-state index contributed by atoms with van der Waals surface area (Å²) in [4.78, 5) is 0. The van der Waals surface area contributed by atoms with Gasteiger partial charge >= 0.3 is 0 Å². The highest BCUT2D eigenvalue weighted by atomic mass is 16.3. The van der Waals surface area contributed by atoms with Gasteiger partial charge in [-0.3, -0.25) is 5.32 Å². The molecule has 0 fully saturated rings. The van der Waals surface area contributed by atoms with Crippen molar-refractivity contribution in [3.63, 3.8) is 0 Å². The number of aliphatic hydroxyl groups excluding tert-OH is 1. The van der Waals surface area contributed by atoms with Gasteiger partial charge in [0.05, 0.1) is 0 Å². The molecule has 2 atom stereocenters. The van der Waals surface area contributed by atoms with Crippen molar-refractivity contribution in [3.05, 3.63) is 0 Å². The Morgan fingerprint density at radius 1 is 1.36 bits per heavy atom. The third kappa shape index (κ3) is 6.32. The third-order valence-corrected chi connectivity index (χ3v) is 1.92. The van der Waals surface area contributed by atoms with Crippen LogP contribution in [-0.4, -0.2) is 17.4 Å². The molecule has 0 saturated carbocycles. The van der Waals surface area contributed by atoms with Crippen molar-refractivity contribution in [1.29, 1.82) is 0 Å². The maximum absolute atomic E-state index is 9.37. The van der Waals surface area contributed by atoms with Gasteiger partial charge in [0.25, 0.3) is 0 Å². The fourth-order valence-corrected chi connectivity index (χ4v) is 0.927. The van der Waals surface area contributed by atoms with Gasteiger partial charge in [0.15, 0.2) is 0 Å². The smallest absolute Gasteiger partial charge is 0.105 e. The van der Waals surface area contributed by atoms with Crippen molar-refractivity contribution in [2.45, 2.75) is 58.7 Å². The minimum absolute atomic E-state index is 0.301. The van der Waals surface area contributed by atoms with Gasteiger partial charge in [-0.05, 0) is 26.2 Å². The molecule has 68 valence electrons. The second-order valence-corrected chi connectivity index (χ2v) is 3.13. The molecule has 0 aliphatic heterocycles. The summed E-state index contributed by atoms with van der Waals surface area (Å²) >= 11 is 0. The van der Waals surface area contributed by atoms with Crippen molar-refractivity contribution in [2.75, 3.05) is 0 Å². The molecule has 0 saturated heterocycles. The van der Waals surface area contributed by atoms with E-state index in [1.165, 1.54) is 0 Å². The second kappa shape index (κ2) is 6.62. The van der Waals surface area contributed by atoms with E-state index in [2.05, 4.69) is 26.1 Å². The highest BCUT2D eigenvalue weighted by molar-refractivity contribution is 4.60. The Balaban J connectivity index is 3.27. The maximum atomic E-state index is 9.37. The Bertz CT molecular complexity index is 85.6. The highest BCUT2D eigenvalue weighted by Gasteiger charge is 2.05. The number of unbranched alkanes of at least 4 members (excludes halogenated alkanes) is 1. The summed E-state index contributed by atoms with van der Waals surface area (Å²) in [6, 6.07) is 0.432. The first-order valence-corrected chi connectivity index (χ1v) is 4.64. The average Bonchev–Trinajstić information content (AvgIpc) is 2.00. The van der Waals surface area contributed by atoms with Crippen LogP contribution in [0.2, 0.25) is 0 Å². The molecule has 11 heavy (non-hydrogen) atoms. The molecule has 0 aromatic rings. The standard InChI is InChI=1S/C9H21NO/c1-4-6-7-9(11)10-8(3)5-2/h8-11H,4-7H2,1-3H3. The molecule has 0 aliphatic carbocycles. The van der Waals surface area contributed by atoms with Crippen LogP contribution in [0, 0.1) is 0 Å². The van der Waals surface area contributed by atoms with Crippen LogP contribution in [0.1, 0.15) is 46.5 Å². The van der Waals surface area contributed by atoms with E-state index in [1.54, 1.807) is 0 Å². The Morgan fingerprint density at radius 3 is 2.45 bits per heavy atom. The average molecular weight is 159 g/mol. The van der Waals surface area contributed by atoms with Crippen LogP contribution in [0.15, 0.2) is 0 Å². The lowest BCUT2D eigenvalue weighted by molar-refractivity contribution is 0.112. The highest BCUT2D eigenvalue weighted by Crippen LogP contribution is 1.99. The zero-order chi connectivity index (χ0) is 8.69. The second-order valence-electron chi connectivity index (χ2n) is 3.13. The van der Waals surface area contributed by atoms with E-state index in [0.29, 0.717) is 6.04 Å². The van der Waals surface area contributed by atoms with Gasteiger partial charge < -0.3 is 5.11 Å². The summed E-state index contributed by atoms with van der Waals surface area (Å²) in [5.41, 5.74) is 0. The van der Waals surface area contributed by atoms with Gasteiger partial charge in [-0.25, -0.2) is 0 Å². The first kappa shape index (κ1) is 10.9. The van der Waals surface area contributed by atoms with E-state index in [4.69, 9.17) is 0 Å². The zero-order valence-corrected chi connectivity index (χ0v) is 7.93. The van der Waals surface area contributed by atoms with E-state index < -0.39 is 0 Å². The van der Waals surface area contributed by atoms with Gasteiger partial charge in [-0.15, -0.1) is 0 Å². The molecular weight excluding hydrogens is 138 g/mol. The van der Waals surface area contributed by atoms with E-state index in [0.717, 1.165) is 25.7 Å². The van der Waals surface area contributed by atoms with Crippen LogP contribution in [0.5, 0.6) is 0 Å². The molecule has 0 aromatic heterocycles. The summed E-state index contributed by atoms with van der Waals surface area (Å²) in [6.45, 7) is 6.34. The summed E-state index contributed by atoms with van der Waals surface area (Å²) in [6.07, 6.45) is 3.90. The van der Waals surface area contributed by atoms with Gasteiger partial charge in [-0.1, -0.05) is 20.3 Å². The van der Waals surface area contributed by atoms with Crippen LogP contribution in [0.3, 0.4) is 0 Å². The summed E-state index contributed by atoms with van der Waals surface area (Å²) < 4.78 is 0. The predicted molar refractivity (Wildman–Crippen MR) is 48.4 cm³/mol. The SMILES string of the molecule is CCCCC(O)NC(C)CC.